The van der Waals surface area contributed by atoms with E-state index in [0.29, 0.717) is 12.0 Å². The summed E-state index contributed by atoms with van der Waals surface area (Å²) in [6.07, 6.45) is 3.72. The molecule has 106 valence electrons. The monoisotopic (exact) mass is 263 g/mol. The Bertz CT molecular complexity index is 440. The molecule has 1 heterocycles. The van der Waals surface area contributed by atoms with Crippen LogP contribution in [0.4, 0.5) is 11.6 Å². The van der Waals surface area contributed by atoms with Crippen molar-refractivity contribution in [2.45, 2.75) is 53.0 Å². The van der Waals surface area contributed by atoms with Crippen LogP contribution in [0.1, 0.15) is 44.5 Å². The van der Waals surface area contributed by atoms with Crippen LogP contribution >= 0.6 is 0 Å². The van der Waals surface area contributed by atoms with Crippen LogP contribution in [0, 0.1) is 19.8 Å². The molecule has 0 aliphatic heterocycles. The van der Waals surface area contributed by atoms with Crippen LogP contribution in [-0.2, 0) is 0 Å². The number of hydrogen-bond acceptors (Lipinski definition) is 5. The van der Waals surface area contributed by atoms with Crippen LogP contribution in [0.15, 0.2) is 0 Å². The molecule has 5 heteroatoms. The van der Waals surface area contributed by atoms with Crippen LogP contribution < -0.4 is 16.2 Å². The zero-order valence-electron chi connectivity index (χ0n) is 12.4. The Hall–Kier alpha value is -1.36. The first-order valence-corrected chi connectivity index (χ1v) is 7.11. The normalized spacial score (nSPS) is 14.8. The van der Waals surface area contributed by atoms with Gasteiger partial charge in [-0.3, -0.25) is 0 Å². The number of nitrogen functional groups attached to an aromatic ring is 1. The highest BCUT2D eigenvalue weighted by atomic mass is 15.3. The highest BCUT2D eigenvalue weighted by Gasteiger charge is 2.31. The van der Waals surface area contributed by atoms with Gasteiger partial charge < -0.3 is 10.3 Å². The molecule has 0 saturated heterocycles. The molecular weight excluding hydrogens is 238 g/mol. The maximum Gasteiger partial charge on any atom is 0.148 e. The molecule has 1 aromatic heterocycles. The topological polar surface area (TPSA) is 67.1 Å². The van der Waals surface area contributed by atoms with Crippen molar-refractivity contribution in [2.75, 3.05) is 16.9 Å². The SMILES string of the molecule is Cc1nc(NN)c(C)c(N(CCC(C)C)C2CC2)n1. The van der Waals surface area contributed by atoms with E-state index in [2.05, 4.69) is 34.1 Å². The summed E-state index contributed by atoms with van der Waals surface area (Å²) in [6, 6.07) is 0.650. The minimum atomic E-state index is 0.650. The highest BCUT2D eigenvalue weighted by Crippen LogP contribution is 2.34. The van der Waals surface area contributed by atoms with Gasteiger partial charge in [-0.1, -0.05) is 13.8 Å². The second-order valence-electron chi connectivity index (χ2n) is 5.82. The smallest absolute Gasteiger partial charge is 0.148 e. The minimum Gasteiger partial charge on any atom is -0.353 e. The maximum atomic E-state index is 5.54. The zero-order chi connectivity index (χ0) is 14.0. The number of aryl methyl sites for hydroxylation is 1. The molecule has 2 rings (SSSR count). The number of hydrazine groups is 1. The molecule has 1 aromatic rings. The molecular formula is C14H25N5. The van der Waals surface area contributed by atoms with Crippen molar-refractivity contribution in [1.29, 1.82) is 0 Å². The van der Waals surface area contributed by atoms with Gasteiger partial charge in [-0.25, -0.2) is 15.8 Å². The van der Waals surface area contributed by atoms with Gasteiger partial charge in [0.05, 0.1) is 0 Å². The van der Waals surface area contributed by atoms with E-state index < -0.39 is 0 Å². The highest BCUT2D eigenvalue weighted by molar-refractivity contribution is 5.59. The molecule has 0 atom stereocenters. The standard InChI is InChI=1S/C14H25N5/c1-9(2)7-8-19(12-5-6-12)14-10(3)13(18-15)16-11(4)17-14/h9,12H,5-8,15H2,1-4H3,(H,16,17,18). The molecule has 1 aliphatic carbocycles. The first-order valence-electron chi connectivity index (χ1n) is 7.11. The lowest BCUT2D eigenvalue weighted by Gasteiger charge is -2.27. The molecule has 0 unspecified atom stereocenters. The number of nitrogens with two attached hydrogens (primary N) is 1. The van der Waals surface area contributed by atoms with Crippen molar-refractivity contribution >= 4 is 11.6 Å². The molecule has 19 heavy (non-hydrogen) atoms. The molecule has 0 bridgehead atoms. The van der Waals surface area contributed by atoms with E-state index in [-0.39, 0.29) is 0 Å². The van der Waals surface area contributed by atoms with Crippen molar-refractivity contribution in [1.82, 2.24) is 9.97 Å². The fourth-order valence-electron chi connectivity index (χ4n) is 2.28. The molecule has 5 nitrogen and oxygen atoms in total. The van der Waals surface area contributed by atoms with E-state index in [1.165, 1.54) is 19.3 Å². The number of aromatic nitrogens is 2. The van der Waals surface area contributed by atoms with E-state index in [1.54, 1.807) is 0 Å². The first kappa shape index (κ1) is 14.1. The predicted molar refractivity (Wildman–Crippen MR) is 79.1 cm³/mol. The fraction of sp³-hybridized carbons (Fsp3) is 0.714. The summed E-state index contributed by atoms with van der Waals surface area (Å²) in [4.78, 5) is 11.4. The van der Waals surface area contributed by atoms with E-state index in [0.717, 1.165) is 29.6 Å². The van der Waals surface area contributed by atoms with Gasteiger partial charge in [0.2, 0.25) is 0 Å². The van der Waals surface area contributed by atoms with Crippen LogP contribution in [0.3, 0.4) is 0 Å². The summed E-state index contributed by atoms with van der Waals surface area (Å²) in [5.74, 6) is 8.80. The van der Waals surface area contributed by atoms with E-state index in [4.69, 9.17) is 5.84 Å². The van der Waals surface area contributed by atoms with Crippen LogP contribution in [0.25, 0.3) is 0 Å². The average Bonchev–Trinajstić information content (AvgIpc) is 3.17. The Labute approximate surface area is 115 Å². The van der Waals surface area contributed by atoms with Gasteiger partial charge in [-0.15, -0.1) is 0 Å². The molecule has 1 aliphatic rings. The lowest BCUT2D eigenvalue weighted by molar-refractivity contribution is 0.567. The van der Waals surface area contributed by atoms with Crippen molar-refractivity contribution < 1.29 is 0 Å². The first-order chi connectivity index (χ1) is 9.02. The third-order valence-electron chi connectivity index (χ3n) is 3.58. The predicted octanol–water partition coefficient (Wildman–Crippen LogP) is 2.39. The fourth-order valence-corrected chi connectivity index (χ4v) is 2.28. The quantitative estimate of drug-likeness (QED) is 0.609. The Morgan fingerprint density at radius 1 is 1.32 bits per heavy atom. The molecule has 0 spiro atoms. The number of rotatable bonds is 6. The minimum absolute atomic E-state index is 0.650. The molecule has 1 fully saturated rings. The summed E-state index contributed by atoms with van der Waals surface area (Å²) in [5, 5.41) is 0. The average molecular weight is 263 g/mol. The molecule has 0 amide bonds. The van der Waals surface area contributed by atoms with Crippen LogP contribution in [0.2, 0.25) is 0 Å². The lowest BCUT2D eigenvalue weighted by Crippen LogP contribution is -2.30. The van der Waals surface area contributed by atoms with E-state index in [9.17, 15) is 0 Å². The number of nitrogens with zero attached hydrogens (tertiary/aromatic N) is 3. The van der Waals surface area contributed by atoms with Crippen molar-refractivity contribution in [2.24, 2.45) is 11.8 Å². The summed E-state index contributed by atoms with van der Waals surface area (Å²) in [6.45, 7) is 9.53. The van der Waals surface area contributed by atoms with Crippen LogP contribution in [0.5, 0.6) is 0 Å². The summed E-state index contributed by atoms with van der Waals surface area (Å²) < 4.78 is 0. The van der Waals surface area contributed by atoms with Gasteiger partial charge in [0, 0.05) is 18.2 Å². The third-order valence-corrected chi connectivity index (χ3v) is 3.58. The second kappa shape index (κ2) is 5.74. The molecule has 1 saturated carbocycles. The van der Waals surface area contributed by atoms with Gasteiger partial charge in [-0.2, -0.15) is 0 Å². The van der Waals surface area contributed by atoms with Crippen molar-refractivity contribution in [3.63, 3.8) is 0 Å². The Morgan fingerprint density at radius 3 is 2.53 bits per heavy atom. The van der Waals surface area contributed by atoms with E-state index >= 15 is 0 Å². The summed E-state index contributed by atoms with van der Waals surface area (Å²) in [7, 11) is 0. The largest absolute Gasteiger partial charge is 0.353 e. The third kappa shape index (κ3) is 3.35. The molecule has 0 aromatic carbocycles. The molecule has 0 radical (unpaired) electrons. The number of nitrogens with one attached hydrogen (secondary N) is 1. The lowest BCUT2D eigenvalue weighted by atomic mass is 10.1. The summed E-state index contributed by atoms with van der Waals surface area (Å²) in [5.41, 5.74) is 3.72. The van der Waals surface area contributed by atoms with Gasteiger partial charge in [-0.05, 0) is 39.0 Å². The van der Waals surface area contributed by atoms with Gasteiger partial charge in [0.1, 0.15) is 17.5 Å². The Kier molecular flexibility index (Phi) is 4.24. The van der Waals surface area contributed by atoms with Gasteiger partial charge in [0.25, 0.3) is 0 Å². The van der Waals surface area contributed by atoms with Crippen molar-refractivity contribution in [3.05, 3.63) is 11.4 Å². The second-order valence-corrected chi connectivity index (χ2v) is 5.82. The number of anilines is 2. The summed E-state index contributed by atoms with van der Waals surface area (Å²) >= 11 is 0. The van der Waals surface area contributed by atoms with Gasteiger partial charge in [0.15, 0.2) is 0 Å². The Balaban J connectivity index is 2.27. The van der Waals surface area contributed by atoms with Crippen molar-refractivity contribution in [3.8, 4) is 0 Å². The zero-order valence-corrected chi connectivity index (χ0v) is 12.4. The van der Waals surface area contributed by atoms with Crippen LogP contribution in [-0.4, -0.2) is 22.6 Å². The number of hydrogen-bond donors (Lipinski definition) is 2. The maximum absolute atomic E-state index is 5.54. The van der Waals surface area contributed by atoms with Gasteiger partial charge >= 0.3 is 0 Å². The molecule has 3 N–H and O–H groups in total. The van der Waals surface area contributed by atoms with E-state index in [1.807, 2.05) is 13.8 Å². The Morgan fingerprint density at radius 2 is 2.00 bits per heavy atom.